The van der Waals surface area contributed by atoms with E-state index in [1.165, 1.54) is 0 Å². The number of hydrogen-bond acceptors (Lipinski definition) is 4. The summed E-state index contributed by atoms with van der Waals surface area (Å²) in [6.45, 7) is 2.18. The molecule has 0 aliphatic carbocycles. The normalized spacial score (nSPS) is 12.5. The first kappa shape index (κ1) is 15.5. The molecule has 0 aliphatic rings. The van der Waals surface area contributed by atoms with Gasteiger partial charge < -0.3 is 14.2 Å². The summed E-state index contributed by atoms with van der Waals surface area (Å²) in [6.07, 6.45) is -0.285. The highest BCUT2D eigenvalue weighted by molar-refractivity contribution is 5.94. The molecule has 1 atom stereocenters. The molecular weight excluding hydrogens is 292 g/mol. The minimum absolute atomic E-state index is 0.285. The van der Waals surface area contributed by atoms with Crippen molar-refractivity contribution in [2.45, 2.75) is 19.9 Å². The maximum Gasteiger partial charge on any atom is 0.156 e. The number of fused-ring (bicyclic) bond motifs is 1. The SMILES string of the molecule is COc1ccccc1-c1nn(COC(C)OC)c2ccccc12. The molecule has 5 heteroatoms. The van der Waals surface area contributed by atoms with Crippen molar-refractivity contribution in [2.75, 3.05) is 14.2 Å². The molecule has 0 saturated heterocycles. The van der Waals surface area contributed by atoms with Gasteiger partial charge >= 0.3 is 0 Å². The van der Waals surface area contributed by atoms with Gasteiger partial charge in [0.25, 0.3) is 0 Å². The number of rotatable bonds is 6. The smallest absolute Gasteiger partial charge is 0.156 e. The first-order chi connectivity index (χ1) is 11.2. The Bertz CT molecular complexity index is 798. The zero-order valence-corrected chi connectivity index (χ0v) is 13.5. The molecule has 1 aromatic heterocycles. The Morgan fingerprint density at radius 2 is 1.78 bits per heavy atom. The van der Waals surface area contributed by atoms with E-state index in [0.29, 0.717) is 6.73 Å². The molecule has 0 fully saturated rings. The maximum atomic E-state index is 5.64. The maximum absolute atomic E-state index is 5.64. The molecule has 5 nitrogen and oxygen atoms in total. The van der Waals surface area contributed by atoms with Crippen LogP contribution in [0.4, 0.5) is 0 Å². The fraction of sp³-hybridized carbons (Fsp3) is 0.278. The van der Waals surface area contributed by atoms with Crippen LogP contribution in [0.25, 0.3) is 22.2 Å². The van der Waals surface area contributed by atoms with Crippen LogP contribution in [0.1, 0.15) is 6.92 Å². The number of para-hydroxylation sites is 2. The minimum atomic E-state index is -0.285. The van der Waals surface area contributed by atoms with Crippen molar-refractivity contribution in [1.29, 1.82) is 0 Å². The molecule has 2 aromatic carbocycles. The minimum Gasteiger partial charge on any atom is -0.496 e. The van der Waals surface area contributed by atoms with E-state index in [9.17, 15) is 0 Å². The molecule has 3 aromatic rings. The Morgan fingerprint density at radius 3 is 2.57 bits per heavy atom. The predicted molar refractivity (Wildman–Crippen MR) is 89.3 cm³/mol. The van der Waals surface area contributed by atoms with Crippen LogP contribution in [0.3, 0.4) is 0 Å². The third-order valence-corrected chi connectivity index (χ3v) is 3.78. The van der Waals surface area contributed by atoms with Crippen LogP contribution in [0.5, 0.6) is 5.75 Å². The van der Waals surface area contributed by atoms with Gasteiger partial charge in [-0.05, 0) is 25.1 Å². The van der Waals surface area contributed by atoms with Gasteiger partial charge in [0.05, 0.1) is 12.6 Å². The predicted octanol–water partition coefficient (Wildman–Crippen LogP) is 3.68. The Labute approximate surface area is 135 Å². The van der Waals surface area contributed by atoms with Gasteiger partial charge in [-0.15, -0.1) is 0 Å². The zero-order chi connectivity index (χ0) is 16.2. The molecule has 0 radical (unpaired) electrons. The molecule has 1 heterocycles. The van der Waals surface area contributed by atoms with Crippen LogP contribution in [-0.2, 0) is 16.2 Å². The summed E-state index contributed by atoms with van der Waals surface area (Å²) >= 11 is 0. The molecule has 0 saturated carbocycles. The van der Waals surface area contributed by atoms with E-state index >= 15 is 0 Å². The van der Waals surface area contributed by atoms with Crippen LogP contribution in [-0.4, -0.2) is 30.3 Å². The molecule has 120 valence electrons. The van der Waals surface area contributed by atoms with Crippen LogP contribution in [0, 0.1) is 0 Å². The van der Waals surface area contributed by atoms with Gasteiger partial charge in [0.1, 0.15) is 18.2 Å². The summed E-state index contributed by atoms with van der Waals surface area (Å²) in [6, 6.07) is 16.0. The first-order valence-corrected chi connectivity index (χ1v) is 7.48. The number of benzene rings is 2. The van der Waals surface area contributed by atoms with E-state index in [0.717, 1.165) is 27.9 Å². The lowest BCUT2D eigenvalue weighted by Gasteiger charge is -2.11. The van der Waals surface area contributed by atoms with Crippen LogP contribution < -0.4 is 4.74 Å². The summed E-state index contributed by atoms with van der Waals surface area (Å²) in [7, 11) is 3.29. The van der Waals surface area contributed by atoms with Crippen molar-refractivity contribution in [3.8, 4) is 17.0 Å². The average Bonchev–Trinajstić information content (AvgIpc) is 2.98. The quantitative estimate of drug-likeness (QED) is 0.651. The Hall–Kier alpha value is -2.37. The topological polar surface area (TPSA) is 45.5 Å². The molecule has 0 spiro atoms. The monoisotopic (exact) mass is 312 g/mol. The summed E-state index contributed by atoms with van der Waals surface area (Å²) in [5.41, 5.74) is 2.85. The fourth-order valence-electron chi connectivity index (χ4n) is 2.51. The highest BCUT2D eigenvalue weighted by atomic mass is 16.7. The molecular formula is C18H20N2O3. The summed E-state index contributed by atoms with van der Waals surface area (Å²) in [5, 5.41) is 5.79. The number of ether oxygens (including phenoxy) is 3. The summed E-state index contributed by atoms with van der Waals surface area (Å²) in [4.78, 5) is 0. The van der Waals surface area contributed by atoms with Crippen molar-refractivity contribution in [3.05, 3.63) is 48.5 Å². The lowest BCUT2D eigenvalue weighted by molar-refractivity contribution is -0.135. The van der Waals surface area contributed by atoms with Crippen molar-refractivity contribution in [3.63, 3.8) is 0 Å². The second-order valence-corrected chi connectivity index (χ2v) is 5.16. The molecule has 23 heavy (non-hydrogen) atoms. The third-order valence-electron chi connectivity index (χ3n) is 3.78. The number of methoxy groups -OCH3 is 2. The lowest BCUT2D eigenvalue weighted by Crippen LogP contribution is -2.14. The summed E-state index contributed by atoms with van der Waals surface area (Å²) < 4.78 is 18.1. The van der Waals surface area contributed by atoms with E-state index in [2.05, 4.69) is 6.07 Å². The van der Waals surface area contributed by atoms with Crippen LogP contribution in [0.15, 0.2) is 48.5 Å². The van der Waals surface area contributed by atoms with E-state index < -0.39 is 0 Å². The average molecular weight is 312 g/mol. The molecule has 0 aliphatic heterocycles. The van der Waals surface area contributed by atoms with E-state index in [1.807, 2.05) is 54.1 Å². The van der Waals surface area contributed by atoms with Gasteiger partial charge in [-0.1, -0.05) is 30.3 Å². The van der Waals surface area contributed by atoms with Crippen molar-refractivity contribution in [1.82, 2.24) is 9.78 Å². The van der Waals surface area contributed by atoms with E-state index in [4.69, 9.17) is 19.3 Å². The van der Waals surface area contributed by atoms with Gasteiger partial charge in [0, 0.05) is 18.1 Å². The molecule has 0 bridgehead atoms. The van der Waals surface area contributed by atoms with E-state index in [-0.39, 0.29) is 6.29 Å². The van der Waals surface area contributed by atoms with Gasteiger partial charge in [-0.2, -0.15) is 5.10 Å². The molecule has 3 rings (SSSR count). The highest BCUT2D eigenvalue weighted by Gasteiger charge is 2.15. The Balaban J connectivity index is 2.07. The van der Waals surface area contributed by atoms with Crippen molar-refractivity contribution < 1.29 is 14.2 Å². The zero-order valence-electron chi connectivity index (χ0n) is 13.5. The van der Waals surface area contributed by atoms with E-state index in [1.54, 1.807) is 14.2 Å². The molecule has 0 amide bonds. The summed E-state index contributed by atoms with van der Waals surface area (Å²) in [5.74, 6) is 0.800. The van der Waals surface area contributed by atoms with Gasteiger partial charge in [-0.25, -0.2) is 4.68 Å². The lowest BCUT2D eigenvalue weighted by atomic mass is 10.1. The highest BCUT2D eigenvalue weighted by Crippen LogP contribution is 2.34. The van der Waals surface area contributed by atoms with Gasteiger partial charge in [0.15, 0.2) is 6.29 Å². The standard InChI is InChI=1S/C18H20N2O3/c1-13(21-2)23-12-20-16-10-6-4-8-14(16)18(19-20)15-9-5-7-11-17(15)22-3/h4-11,13H,12H2,1-3H3. The van der Waals surface area contributed by atoms with Gasteiger partial charge in [0.2, 0.25) is 0 Å². The van der Waals surface area contributed by atoms with Crippen molar-refractivity contribution in [2.24, 2.45) is 0 Å². The largest absolute Gasteiger partial charge is 0.496 e. The number of nitrogens with zero attached hydrogens (tertiary/aromatic N) is 2. The Kier molecular flexibility index (Phi) is 4.60. The fourth-order valence-corrected chi connectivity index (χ4v) is 2.51. The van der Waals surface area contributed by atoms with Crippen molar-refractivity contribution >= 4 is 10.9 Å². The van der Waals surface area contributed by atoms with Gasteiger partial charge in [-0.3, -0.25) is 0 Å². The molecule has 0 N–H and O–H groups in total. The van der Waals surface area contributed by atoms with Crippen LogP contribution in [0.2, 0.25) is 0 Å². The first-order valence-electron chi connectivity index (χ1n) is 7.48. The number of aromatic nitrogens is 2. The molecule has 1 unspecified atom stereocenters. The Morgan fingerprint density at radius 1 is 1.04 bits per heavy atom. The second kappa shape index (κ2) is 6.81. The second-order valence-electron chi connectivity index (χ2n) is 5.16. The third kappa shape index (κ3) is 3.06. The number of hydrogen-bond donors (Lipinski definition) is 0. The van der Waals surface area contributed by atoms with Crippen LogP contribution >= 0.6 is 0 Å².